The molecule has 1 aliphatic heterocycles. The molecule has 1 aliphatic rings. The summed E-state index contributed by atoms with van der Waals surface area (Å²) in [7, 11) is -3.57. The molecule has 0 fully saturated rings. The molecular formula is C21H21NO5S. The molecule has 0 unspecified atom stereocenters. The van der Waals surface area contributed by atoms with Crippen LogP contribution in [0, 0.1) is 0 Å². The molecule has 0 radical (unpaired) electrons. The van der Waals surface area contributed by atoms with Crippen molar-refractivity contribution in [1.29, 1.82) is 0 Å². The SMILES string of the molecule is CS(=O)(=O)c1ccccc1C(=O)OCC(=O)N1CC=C(c2ccccc2)CC1. The van der Waals surface area contributed by atoms with Gasteiger partial charge in [0.2, 0.25) is 0 Å². The van der Waals surface area contributed by atoms with Crippen LogP contribution in [0.3, 0.4) is 0 Å². The lowest BCUT2D eigenvalue weighted by atomic mass is 10.00. The van der Waals surface area contributed by atoms with Crippen molar-refractivity contribution in [1.82, 2.24) is 4.90 Å². The highest BCUT2D eigenvalue weighted by atomic mass is 32.2. The Hall–Kier alpha value is -2.93. The fourth-order valence-electron chi connectivity index (χ4n) is 3.07. The largest absolute Gasteiger partial charge is 0.452 e. The number of rotatable bonds is 5. The molecule has 1 heterocycles. The number of hydrogen-bond acceptors (Lipinski definition) is 5. The number of benzene rings is 2. The summed E-state index contributed by atoms with van der Waals surface area (Å²) in [6, 6.07) is 15.8. The average molecular weight is 399 g/mol. The van der Waals surface area contributed by atoms with Crippen molar-refractivity contribution in [3.8, 4) is 0 Å². The number of amides is 1. The van der Waals surface area contributed by atoms with Crippen molar-refractivity contribution >= 4 is 27.3 Å². The molecule has 0 N–H and O–H groups in total. The topological polar surface area (TPSA) is 80.7 Å². The standard InChI is InChI=1S/C21H21NO5S/c1-28(25,26)19-10-6-5-9-18(19)21(24)27-15-20(23)22-13-11-17(12-14-22)16-7-3-2-4-8-16/h2-11H,12-15H2,1H3. The third kappa shape index (κ3) is 4.67. The van der Waals surface area contributed by atoms with E-state index in [0.29, 0.717) is 13.1 Å². The summed E-state index contributed by atoms with van der Waals surface area (Å²) >= 11 is 0. The molecule has 3 rings (SSSR count). The molecule has 1 amide bonds. The first-order valence-electron chi connectivity index (χ1n) is 8.84. The molecule has 2 aromatic carbocycles. The summed E-state index contributed by atoms with van der Waals surface area (Å²) in [5, 5.41) is 0. The van der Waals surface area contributed by atoms with Gasteiger partial charge in [-0.25, -0.2) is 13.2 Å². The molecule has 0 bridgehead atoms. The maximum absolute atomic E-state index is 12.4. The van der Waals surface area contributed by atoms with Crippen LogP contribution in [0.25, 0.3) is 5.57 Å². The second-order valence-electron chi connectivity index (χ2n) is 6.53. The molecule has 7 heteroatoms. The Kier molecular flexibility index (Phi) is 5.94. The average Bonchev–Trinajstić information content (AvgIpc) is 2.72. The van der Waals surface area contributed by atoms with Gasteiger partial charge in [-0.3, -0.25) is 4.79 Å². The summed E-state index contributed by atoms with van der Waals surface area (Å²) in [6.45, 7) is 0.559. The van der Waals surface area contributed by atoms with Gasteiger partial charge in [-0.05, 0) is 29.7 Å². The van der Waals surface area contributed by atoms with Gasteiger partial charge < -0.3 is 9.64 Å². The molecule has 0 atom stereocenters. The van der Waals surface area contributed by atoms with Gasteiger partial charge in [0.15, 0.2) is 16.4 Å². The molecule has 0 saturated carbocycles. The van der Waals surface area contributed by atoms with E-state index >= 15 is 0 Å². The summed E-state index contributed by atoms with van der Waals surface area (Å²) in [6.07, 6.45) is 3.74. The first kappa shape index (κ1) is 19.8. The first-order valence-corrected chi connectivity index (χ1v) is 10.7. The van der Waals surface area contributed by atoms with Crippen LogP contribution >= 0.6 is 0 Å². The minimum absolute atomic E-state index is 0.0669. The molecule has 2 aromatic rings. The number of nitrogens with zero attached hydrogens (tertiary/aromatic N) is 1. The third-order valence-corrected chi connectivity index (χ3v) is 5.69. The van der Waals surface area contributed by atoms with Crippen molar-refractivity contribution in [2.24, 2.45) is 0 Å². The number of hydrogen-bond donors (Lipinski definition) is 0. The summed E-state index contributed by atoms with van der Waals surface area (Å²) in [4.78, 5) is 26.1. The van der Waals surface area contributed by atoms with Crippen LogP contribution in [-0.4, -0.2) is 51.1 Å². The Balaban J connectivity index is 1.60. The number of esters is 1. The van der Waals surface area contributed by atoms with Gasteiger partial charge in [0.25, 0.3) is 5.91 Å². The van der Waals surface area contributed by atoms with Crippen LogP contribution in [0.4, 0.5) is 0 Å². The van der Waals surface area contributed by atoms with Gasteiger partial charge >= 0.3 is 5.97 Å². The van der Waals surface area contributed by atoms with E-state index in [1.807, 2.05) is 36.4 Å². The number of sulfone groups is 1. The Morgan fingerprint density at radius 1 is 1.04 bits per heavy atom. The predicted molar refractivity (Wildman–Crippen MR) is 105 cm³/mol. The Bertz CT molecular complexity index is 1010. The van der Waals surface area contributed by atoms with E-state index in [-0.39, 0.29) is 16.4 Å². The first-order chi connectivity index (χ1) is 13.4. The lowest BCUT2D eigenvalue weighted by Crippen LogP contribution is -2.37. The molecule has 0 saturated heterocycles. The fraction of sp³-hybridized carbons (Fsp3) is 0.238. The minimum Gasteiger partial charge on any atom is -0.452 e. The molecule has 0 aliphatic carbocycles. The Labute approximate surface area is 164 Å². The summed E-state index contributed by atoms with van der Waals surface area (Å²) in [5.41, 5.74) is 2.25. The smallest absolute Gasteiger partial charge is 0.339 e. The van der Waals surface area contributed by atoms with E-state index in [4.69, 9.17) is 4.74 Å². The van der Waals surface area contributed by atoms with Gasteiger partial charge in [-0.15, -0.1) is 0 Å². The van der Waals surface area contributed by atoms with Crippen molar-refractivity contribution in [2.45, 2.75) is 11.3 Å². The van der Waals surface area contributed by atoms with Gasteiger partial charge in [0, 0.05) is 19.3 Å². The van der Waals surface area contributed by atoms with Crippen LogP contribution in [0.5, 0.6) is 0 Å². The van der Waals surface area contributed by atoms with Crippen molar-refractivity contribution < 1.29 is 22.7 Å². The lowest BCUT2D eigenvalue weighted by Gasteiger charge is -2.26. The van der Waals surface area contributed by atoms with Gasteiger partial charge in [-0.1, -0.05) is 48.5 Å². The third-order valence-electron chi connectivity index (χ3n) is 4.54. The van der Waals surface area contributed by atoms with Crippen LogP contribution in [0.15, 0.2) is 65.6 Å². The molecule has 0 aromatic heterocycles. The molecule has 146 valence electrons. The van der Waals surface area contributed by atoms with Gasteiger partial charge in [-0.2, -0.15) is 0 Å². The Morgan fingerprint density at radius 3 is 2.36 bits per heavy atom. The second-order valence-corrected chi connectivity index (χ2v) is 8.51. The van der Waals surface area contributed by atoms with E-state index in [1.54, 1.807) is 11.0 Å². The fourth-order valence-corrected chi connectivity index (χ4v) is 3.94. The monoisotopic (exact) mass is 399 g/mol. The minimum atomic E-state index is -3.57. The highest BCUT2D eigenvalue weighted by Gasteiger charge is 2.22. The maximum atomic E-state index is 12.4. The highest BCUT2D eigenvalue weighted by Crippen LogP contribution is 2.22. The molecule has 28 heavy (non-hydrogen) atoms. The summed E-state index contributed by atoms with van der Waals surface area (Å²) < 4.78 is 28.7. The van der Waals surface area contributed by atoms with Crippen LogP contribution in [0.2, 0.25) is 0 Å². The van der Waals surface area contributed by atoms with E-state index in [2.05, 4.69) is 0 Å². The number of ether oxygens (including phenoxy) is 1. The zero-order valence-corrected chi connectivity index (χ0v) is 16.3. The van der Waals surface area contributed by atoms with Crippen molar-refractivity contribution in [3.05, 3.63) is 71.8 Å². The van der Waals surface area contributed by atoms with E-state index in [0.717, 1.165) is 18.2 Å². The number of carbonyl (C=O) groups excluding carboxylic acids is 2. The zero-order chi connectivity index (χ0) is 20.1. The maximum Gasteiger partial charge on any atom is 0.339 e. The van der Waals surface area contributed by atoms with Crippen molar-refractivity contribution in [3.63, 3.8) is 0 Å². The van der Waals surface area contributed by atoms with Crippen LogP contribution < -0.4 is 0 Å². The summed E-state index contributed by atoms with van der Waals surface area (Å²) in [5.74, 6) is -1.14. The Morgan fingerprint density at radius 2 is 1.71 bits per heavy atom. The van der Waals surface area contributed by atoms with E-state index < -0.39 is 22.4 Å². The van der Waals surface area contributed by atoms with Gasteiger partial charge in [0.05, 0.1) is 10.5 Å². The second kappa shape index (κ2) is 8.39. The molecule has 6 nitrogen and oxygen atoms in total. The predicted octanol–water partition coefficient (Wildman–Crippen LogP) is 2.56. The lowest BCUT2D eigenvalue weighted by molar-refractivity contribution is -0.134. The van der Waals surface area contributed by atoms with E-state index in [9.17, 15) is 18.0 Å². The van der Waals surface area contributed by atoms with Gasteiger partial charge in [0.1, 0.15) is 0 Å². The molecular weight excluding hydrogens is 378 g/mol. The highest BCUT2D eigenvalue weighted by molar-refractivity contribution is 7.90. The van der Waals surface area contributed by atoms with Crippen molar-refractivity contribution in [2.75, 3.05) is 26.0 Å². The van der Waals surface area contributed by atoms with E-state index in [1.165, 1.54) is 23.8 Å². The molecule has 0 spiro atoms. The van der Waals surface area contributed by atoms with Crippen LogP contribution in [0.1, 0.15) is 22.3 Å². The van der Waals surface area contributed by atoms with Crippen LogP contribution in [-0.2, 0) is 19.4 Å². The normalized spacial score (nSPS) is 14.3. The quantitative estimate of drug-likeness (QED) is 0.722. The number of carbonyl (C=O) groups is 2. The zero-order valence-electron chi connectivity index (χ0n) is 15.5.